The van der Waals surface area contributed by atoms with E-state index >= 15 is 0 Å². The first-order valence-electron chi connectivity index (χ1n) is 5.94. The van der Waals surface area contributed by atoms with Crippen molar-refractivity contribution in [3.8, 4) is 0 Å². The van der Waals surface area contributed by atoms with Crippen LogP contribution < -0.4 is 10.0 Å². The van der Waals surface area contributed by atoms with Crippen molar-refractivity contribution >= 4 is 37.3 Å². The first-order chi connectivity index (χ1) is 9.36. The number of sulfonamides is 1. The minimum absolute atomic E-state index is 0.0548. The number of H-pyrrole nitrogens is 1. The number of aromatic nitrogens is 2. The van der Waals surface area contributed by atoms with Crippen molar-refractivity contribution in [3.05, 3.63) is 34.7 Å². The summed E-state index contributed by atoms with van der Waals surface area (Å²) in [7, 11) is -2.24. The quantitative estimate of drug-likeness (QED) is 0.818. The van der Waals surface area contributed by atoms with Crippen molar-refractivity contribution in [2.75, 3.05) is 17.1 Å². The highest BCUT2D eigenvalue weighted by molar-refractivity contribution is 9.10. The van der Waals surface area contributed by atoms with Gasteiger partial charge in [0.1, 0.15) is 5.82 Å². The van der Waals surface area contributed by atoms with Gasteiger partial charge in [0, 0.05) is 17.9 Å². The Morgan fingerprint density at radius 1 is 1.45 bits per heavy atom. The number of nitrogens with one attached hydrogen (secondary N) is 1. The van der Waals surface area contributed by atoms with E-state index in [-0.39, 0.29) is 5.03 Å². The fraction of sp³-hybridized carbons (Fsp3) is 0.250. The molecule has 1 aromatic carbocycles. The average molecular weight is 359 g/mol. The molecule has 0 aliphatic heterocycles. The summed E-state index contributed by atoms with van der Waals surface area (Å²) in [5, 5.41) is 0.0548. The maximum Gasteiger partial charge on any atom is 0.281 e. The van der Waals surface area contributed by atoms with Crippen LogP contribution in [0.1, 0.15) is 12.7 Å². The van der Waals surface area contributed by atoms with Crippen molar-refractivity contribution < 1.29 is 8.42 Å². The van der Waals surface area contributed by atoms with Crippen LogP contribution in [-0.2, 0) is 16.4 Å². The molecule has 0 radical (unpaired) electrons. The van der Waals surface area contributed by atoms with Crippen LogP contribution in [0.3, 0.4) is 0 Å². The van der Waals surface area contributed by atoms with Gasteiger partial charge in [-0.1, -0.05) is 22.9 Å². The zero-order valence-corrected chi connectivity index (χ0v) is 13.5. The molecule has 20 heavy (non-hydrogen) atoms. The van der Waals surface area contributed by atoms with Gasteiger partial charge in [-0.15, -0.1) is 0 Å². The SMILES string of the molecule is CCc1ncc(S(=O)(=O)N(C)c2ccc(Br)cc2N)[nH]1. The van der Waals surface area contributed by atoms with Gasteiger partial charge in [-0.3, -0.25) is 4.31 Å². The predicted octanol–water partition coefficient (Wildman–Crippen LogP) is 2.14. The van der Waals surface area contributed by atoms with Crippen LogP contribution >= 0.6 is 15.9 Å². The summed E-state index contributed by atoms with van der Waals surface area (Å²) in [6, 6.07) is 5.04. The molecule has 0 bridgehead atoms. The summed E-state index contributed by atoms with van der Waals surface area (Å²) in [6.45, 7) is 1.89. The summed E-state index contributed by atoms with van der Waals surface area (Å²) >= 11 is 3.29. The molecule has 0 aliphatic carbocycles. The Labute approximate surface area is 126 Å². The topological polar surface area (TPSA) is 92.1 Å². The van der Waals surface area contributed by atoms with E-state index in [0.717, 1.165) is 8.78 Å². The fourth-order valence-electron chi connectivity index (χ4n) is 1.74. The third-order valence-electron chi connectivity index (χ3n) is 2.91. The van der Waals surface area contributed by atoms with Crippen LogP contribution in [0.4, 0.5) is 11.4 Å². The number of aryl methyl sites for hydroxylation is 1. The first-order valence-corrected chi connectivity index (χ1v) is 8.17. The lowest BCUT2D eigenvalue weighted by Gasteiger charge is -2.20. The van der Waals surface area contributed by atoms with E-state index in [2.05, 4.69) is 25.9 Å². The van der Waals surface area contributed by atoms with E-state index in [1.54, 1.807) is 18.2 Å². The van der Waals surface area contributed by atoms with Crippen LogP contribution in [-0.4, -0.2) is 25.4 Å². The van der Waals surface area contributed by atoms with Gasteiger partial charge in [0.25, 0.3) is 10.0 Å². The molecule has 1 heterocycles. The van der Waals surface area contributed by atoms with E-state index in [0.29, 0.717) is 23.6 Å². The summed E-state index contributed by atoms with van der Waals surface area (Å²) in [5.74, 6) is 0.626. The molecule has 1 aromatic heterocycles. The van der Waals surface area contributed by atoms with Crippen LogP contribution in [0.15, 0.2) is 33.9 Å². The molecule has 108 valence electrons. The molecule has 0 unspecified atom stereocenters. The van der Waals surface area contributed by atoms with Crippen molar-refractivity contribution in [1.82, 2.24) is 9.97 Å². The van der Waals surface area contributed by atoms with Crippen LogP contribution in [0.5, 0.6) is 0 Å². The van der Waals surface area contributed by atoms with E-state index in [1.165, 1.54) is 13.2 Å². The summed E-state index contributed by atoms with van der Waals surface area (Å²) in [5.41, 5.74) is 6.66. The molecule has 6 nitrogen and oxygen atoms in total. The van der Waals surface area contributed by atoms with Gasteiger partial charge < -0.3 is 10.7 Å². The van der Waals surface area contributed by atoms with E-state index in [4.69, 9.17) is 5.73 Å². The number of rotatable bonds is 4. The Morgan fingerprint density at radius 2 is 2.15 bits per heavy atom. The minimum Gasteiger partial charge on any atom is -0.397 e. The Kier molecular flexibility index (Phi) is 4.05. The second-order valence-electron chi connectivity index (χ2n) is 4.22. The summed E-state index contributed by atoms with van der Waals surface area (Å²) < 4.78 is 26.9. The van der Waals surface area contributed by atoms with Crippen LogP contribution in [0, 0.1) is 0 Å². The van der Waals surface area contributed by atoms with E-state index in [9.17, 15) is 8.42 Å². The molecule has 0 fully saturated rings. The molecule has 0 aliphatic rings. The Balaban J connectivity index is 2.43. The number of nitrogens with zero attached hydrogens (tertiary/aromatic N) is 2. The number of imidazole rings is 1. The Hall–Kier alpha value is -1.54. The van der Waals surface area contributed by atoms with Gasteiger partial charge in [0.2, 0.25) is 0 Å². The lowest BCUT2D eigenvalue weighted by molar-refractivity contribution is 0.591. The highest BCUT2D eigenvalue weighted by atomic mass is 79.9. The Bertz CT molecular complexity index is 727. The third kappa shape index (κ3) is 2.66. The molecule has 0 saturated carbocycles. The number of aromatic amines is 1. The standard InChI is InChI=1S/C12H15BrN4O2S/c1-3-11-15-7-12(16-11)20(18,19)17(2)10-5-4-8(13)6-9(10)14/h4-7H,3,14H2,1-2H3,(H,15,16). The van der Waals surface area contributed by atoms with Gasteiger partial charge in [-0.05, 0) is 18.2 Å². The first kappa shape index (κ1) is 14.9. The van der Waals surface area contributed by atoms with E-state index < -0.39 is 10.0 Å². The molecule has 0 saturated heterocycles. The highest BCUT2D eigenvalue weighted by Gasteiger charge is 2.24. The second kappa shape index (κ2) is 5.45. The number of hydrogen-bond donors (Lipinski definition) is 2. The molecule has 3 N–H and O–H groups in total. The number of halogens is 1. The van der Waals surface area contributed by atoms with Gasteiger partial charge in [0.05, 0.1) is 17.6 Å². The van der Waals surface area contributed by atoms with Crippen molar-refractivity contribution in [2.24, 2.45) is 0 Å². The molecule has 2 rings (SSSR count). The molecule has 0 atom stereocenters. The Morgan fingerprint density at radius 3 is 2.70 bits per heavy atom. The number of hydrogen-bond acceptors (Lipinski definition) is 4. The molecular weight excluding hydrogens is 344 g/mol. The van der Waals surface area contributed by atoms with E-state index in [1.807, 2.05) is 6.92 Å². The average Bonchev–Trinajstić information content (AvgIpc) is 2.87. The lowest BCUT2D eigenvalue weighted by Crippen LogP contribution is -2.27. The zero-order chi connectivity index (χ0) is 14.9. The second-order valence-corrected chi connectivity index (χ2v) is 7.08. The molecule has 0 spiro atoms. The monoisotopic (exact) mass is 358 g/mol. The van der Waals surface area contributed by atoms with Crippen molar-refractivity contribution in [3.63, 3.8) is 0 Å². The predicted molar refractivity (Wildman–Crippen MR) is 82.1 cm³/mol. The van der Waals surface area contributed by atoms with Gasteiger partial charge in [0.15, 0.2) is 5.03 Å². The largest absolute Gasteiger partial charge is 0.397 e. The highest BCUT2D eigenvalue weighted by Crippen LogP contribution is 2.29. The fourth-order valence-corrected chi connectivity index (χ4v) is 3.27. The maximum absolute atomic E-state index is 12.5. The third-order valence-corrected chi connectivity index (χ3v) is 5.08. The van der Waals surface area contributed by atoms with Gasteiger partial charge >= 0.3 is 0 Å². The van der Waals surface area contributed by atoms with Crippen molar-refractivity contribution in [1.29, 1.82) is 0 Å². The summed E-state index contributed by atoms with van der Waals surface area (Å²) in [4.78, 5) is 6.81. The molecular formula is C12H15BrN4O2S. The molecule has 2 aromatic rings. The van der Waals surface area contributed by atoms with Crippen molar-refractivity contribution in [2.45, 2.75) is 18.4 Å². The number of nitrogen functional groups attached to an aromatic ring is 1. The van der Waals surface area contributed by atoms with Crippen LogP contribution in [0.25, 0.3) is 0 Å². The smallest absolute Gasteiger partial charge is 0.281 e. The number of benzene rings is 1. The normalized spacial score (nSPS) is 11.6. The maximum atomic E-state index is 12.5. The molecule has 0 amide bonds. The summed E-state index contributed by atoms with van der Waals surface area (Å²) in [6.07, 6.45) is 1.96. The van der Waals surface area contributed by atoms with Gasteiger partial charge in [-0.2, -0.15) is 8.42 Å². The van der Waals surface area contributed by atoms with Crippen LogP contribution in [0.2, 0.25) is 0 Å². The minimum atomic E-state index is -3.70. The lowest BCUT2D eigenvalue weighted by atomic mass is 10.3. The zero-order valence-electron chi connectivity index (χ0n) is 11.1. The van der Waals surface area contributed by atoms with Gasteiger partial charge in [-0.25, -0.2) is 4.98 Å². The number of anilines is 2. The molecule has 8 heteroatoms. The number of nitrogens with two attached hydrogens (primary N) is 1.